The van der Waals surface area contributed by atoms with Crippen molar-refractivity contribution in [3.05, 3.63) is 46.5 Å². The molecular formula is C18H22N8O2. The first-order chi connectivity index (χ1) is 12.7. The molecule has 0 radical (unpaired) electrons. The molecule has 1 saturated heterocycles. The fourth-order valence-corrected chi connectivity index (χ4v) is 3.14. The Hall–Kier alpha value is -3.74. The van der Waals surface area contributed by atoms with E-state index < -0.39 is 4.92 Å². The average molecular weight is 382 g/mol. The zero-order chi connectivity index (χ0) is 18.1. The second-order valence-electron chi connectivity index (χ2n) is 5.97. The number of nitrogens with zero attached hydrogens (tertiary/aromatic N) is 6. The minimum Gasteiger partial charge on any atom is -0.360 e. The number of aromatic nitrogens is 4. The van der Waals surface area contributed by atoms with E-state index in [9.17, 15) is 10.1 Å². The van der Waals surface area contributed by atoms with Crippen LogP contribution < -0.4 is 10.2 Å². The highest BCUT2D eigenvalue weighted by Crippen LogP contribution is 2.28. The molecule has 3 aromatic heterocycles. The van der Waals surface area contributed by atoms with Gasteiger partial charge in [-0.3, -0.25) is 10.1 Å². The van der Waals surface area contributed by atoms with Crippen LogP contribution in [0.15, 0.2) is 30.9 Å². The lowest BCUT2D eigenvalue weighted by Crippen LogP contribution is -2.27. The average Bonchev–Trinajstić information content (AvgIpc) is 3.30. The monoisotopic (exact) mass is 382 g/mol. The maximum absolute atomic E-state index is 11.3. The van der Waals surface area contributed by atoms with E-state index >= 15 is 0 Å². The van der Waals surface area contributed by atoms with Crippen LogP contribution in [0.1, 0.15) is 26.8 Å². The molecule has 1 atom stereocenters. The minimum atomic E-state index is -0.531. The summed E-state index contributed by atoms with van der Waals surface area (Å²) >= 11 is 0. The number of hydrogen-bond donors (Lipinski definition) is 2. The standard InChI is InChI=1S/C16H14N8O2.2CH4/c17-6-10-5-13(24(25)26)15(19-7-10)22-11-2-4-23(8-11)16-12-1-3-18-14(12)20-9-21-16;;/h1,3,5,7,9,11H,2,4,8H2,(H,19,22)(H,18,20,21);2*1H4/t11-;;/m1../s1. The molecule has 2 N–H and O–H groups in total. The topological polar surface area (TPSA) is 137 Å². The number of pyridine rings is 1. The van der Waals surface area contributed by atoms with Crippen LogP contribution in [0.25, 0.3) is 11.0 Å². The van der Waals surface area contributed by atoms with E-state index in [1.807, 2.05) is 18.3 Å². The molecule has 1 fully saturated rings. The van der Waals surface area contributed by atoms with Crippen molar-refractivity contribution in [2.24, 2.45) is 0 Å². The van der Waals surface area contributed by atoms with Gasteiger partial charge >= 0.3 is 5.69 Å². The first kappa shape index (κ1) is 20.6. The molecule has 10 nitrogen and oxygen atoms in total. The quantitative estimate of drug-likeness (QED) is 0.519. The molecule has 0 bridgehead atoms. The van der Waals surface area contributed by atoms with Crippen molar-refractivity contribution in [3.63, 3.8) is 0 Å². The Labute approximate surface area is 162 Å². The van der Waals surface area contributed by atoms with Gasteiger partial charge in [0.2, 0.25) is 5.82 Å². The maximum Gasteiger partial charge on any atom is 0.312 e. The zero-order valence-corrected chi connectivity index (χ0v) is 13.6. The van der Waals surface area contributed by atoms with E-state index in [4.69, 9.17) is 5.26 Å². The van der Waals surface area contributed by atoms with Crippen LogP contribution in [0.5, 0.6) is 0 Å². The Morgan fingerprint density at radius 1 is 1.36 bits per heavy atom. The van der Waals surface area contributed by atoms with Gasteiger partial charge in [0.05, 0.1) is 15.9 Å². The minimum absolute atomic E-state index is 0. The van der Waals surface area contributed by atoms with Crippen LogP contribution in [0.3, 0.4) is 0 Å². The molecule has 0 aromatic carbocycles. The summed E-state index contributed by atoms with van der Waals surface area (Å²) in [4.78, 5) is 28.5. The third-order valence-electron chi connectivity index (χ3n) is 4.35. The highest BCUT2D eigenvalue weighted by atomic mass is 16.6. The Morgan fingerprint density at radius 2 is 2.18 bits per heavy atom. The van der Waals surface area contributed by atoms with Crippen LogP contribution in [0, 0.1) is 21.4 Å². The van der Waals surface area contributed by atoms with Crippen LogP contribution >= 0.6 is 0 Å². The van der Waals surface area contributed by atoms with E-state index in [0.717, 1.165) is 29.8 Å². The molecule has 0 unspecified atom stereocenters. The molecule has 0 spiro atoms. The van der Waals surface area contributed by atoms with Crippen LogP contribution in [0.4, 0.5) is 17.3 Å². The third kappa shape index (κ3) is 3.68. The molecule has 0 saturated carbocycles. The van der Waals surface area contributed by atoms with Crippen molar-refractivity contribution in [3.8, 4) is 6.07 Å². The smallest absolute Gasteiger partial charge is 0.312 e. The molecule has 146 valence electrons. The van der Waals surface area contributed by atoms with E-state index in [-0.39, 0.29) is 38.0 Å². The lowest BCUT2D eigenvalue weighted by molar-refractivity contribution is -0.384. The number of aromatic amines is 1. The first-order valence-corrected chi connectivity index (χ1v) is 8.00. The predicted molar refractivity (Wildman–Crippen MR) is 107 cm³/mol. The lowest BCUT2D eigenvalue weighted by Gasteiger charge is -2.18. The van der Waals surface area contributed by atoms with Crippen molar-refractivity contribution in [2.45, 2.75) is 27.3 Å². The van der Waals surface area contributed by atoms with Gasteiger partial charge in [0.15, 0.2) is 0 Å². The van der Waals surface area contributed by atoms with Crippen LogP contribution in [0.2, 0.25) is 0 Å². The summed E-state index contributed by atoms with van der Waals surface area (Å²) in [7, 11) is 0. The van der Waals surface area contributed by atoms with Crippen LogP contribution in [-0.2, 0) is 0 Å². The van der Waals surface area contributed by atoms with Crippen molar-refractivity contribution in [1.82, 2.24) is 19.9 Å². The largest absolute Gasteiger partial charge is 0.360 e. The summed E-state index contributed by atoms with van der Waals surface area (Å²) < 4.78 is 0. The fourth-order valence-electron chi connectivity index (χ4n) is 3.14. The molecule has 4 rings (SSSR count). The van der Waals surface area contributed by atoms with Gasteiger partial charge in [0.1, 0.15) is 23.9 Å². The molecule has 1 aliphatic rings. The molecule has 0 aliphatic carbocycles. The van der Waals surface area contributed by atoms with E-state index in [0.29, 0.717) is 6.54 Å². The lowest BCUT2D eigenvalue weighted by atomic mass is 10.2. The SMILES string of the molecule is C.C.N#Cc1cnc(N[C@@H]2CCN(c3ncnc4[nH]ccc34)C2)c([N+](=O)[O-])c1. The molecule has 28 heavy (non-hydrogen) atoms. The zero-order valence-electron chi connectivity index (χ0n) is 13.6. The van der Waals surface area contributed by atoms with E-state index in [2.05, 4.69) is 30.2 Å². The molecule has 10 heteroatoms. The Kier molecular flexibility index (Phi) is 6.10. The number of H-pyrrole nitrogens is 1. The summed E-state index contributed by atoms with van der Waals surface area (Å²) in [5, 5.41) is 24.2. The Morgan fingerprint density at radius 3 is 2.93 bits per heavy atom. The van der Waals surface area contributed by atoms with Gasteiger partial charge in [-0.25, -0.2) is 15.0 Å². The summed E-state index contributed by atoms with van der Waals surface area (Å²) in [5.74, 6) is 1.01. The molecule has 4 heterocycles. The number of hydrogen-bond acceptors (Lipinski definition) is 8. The number of rotatable bonds is 4. The fraction of sp³-hybridized carbons (Fsp3) is 0.333. The highest BCUT2D eigenvalue weighted by Gasteiger charge is 2.27. The summed E-state index contributed by atoms with van der Waals surface area (Å²) in [6.45, 7) is 1.40. The summed E-state index contributed by atoms with van der Waals surface area (Å²) in [6, 6.07) is 5.01. The third-order valence-corrected chi connectivity index (χ3v) is 4.35. The predicted octanol–water partition coefficient (Wildman–Crippen LogP) is 3.10. The Balaban J connectivity index is 0.00000140. The number of nitro groups is 1. The van der Waals surface area contributed by atoms with Gasteiger partial charge in [0.25, 0.3) is 0 Å². The molecular weight excluding hydrogens is 360 g/mol. The second kappa shape index (κ2) is 8.30. The Bertz CT molecular complexity index is 1030. The van der Waals surface area contributed by atoms with Crippen molar-refractivity contribution in [1.29, 1.82) is 5.26 Å². The van der Waals surface area contributed by atoms with Crippen molar-refractivity contribution >= 4 is 28.4 Å². The number of nitriles is 1. The second-order valence-corrected chi connectivity index (χ2v) is 5.97. The van der Waals surface area contributed by atoms with Crippen molar-refractivity contribution < 1.29 is 4.92 Å². The number of fused-ring (bicyclic) bond motifs is 1. The highest BCUT2D eigenvalue weighted by molar-refractivity contribution is 5.87. The number of anilines is 2. The molecule has 1 aliphatic heterocycles. The van der Waals surface area contributed by atoms with Gasteiger partial charge in [-0.1, -0.05) is 14.9 Å². The van der Waals surface area contributed by atoms with Gasteiger partial charge in [-0.2, -0.15) is 5.26 Å². The summed E-state index contributed by atoms with van der Waals surface area (Å²) in [6.07, 6.45) is 5.45. The maximum atomic E-state index is 11.3. The molecule has 3 aromatic rings. The number of nitrogens with one attached hydrogen (secondary N) is 2. The van der Waals surface area contributed by atoms with Gasteiger partial charge in [0, 0.05) is 37.6 Å². The van der Waals surface area contributed by atoms with E-state index in [1.54, 1.807) is 0 Å². The normalized spacial score (nSPS) is 15.4. The van der Waals surface area contributed by atoms with Crippen molar-refractivity contribution in [2.75, 3.05) is 23.3 Å². The first-order valence-electron chi connectivity index (χ1n) is 8.00. The van der Waals surface area contributed by atoms with Crippen LogP contribution in [-0.4, -0.2) is 44.0 Å². The van der Waals surface area contributed by atoms with Gasteiger partial charge in [-0.15, -0.1) is 0 Å². The summed E-state index contributed by atoms with van der Waals surface area (Å²) in [5.41, 5.74) is 0.736. The van der Waals surface area contributed by atoms with E-state index in [1.165, 1.54) is 18.6 Å². The van der Waals surface area contributed by atoms with Gasteiger partial charge < -0.3 is 15.2 Å². The van der Waals surface area contributed by atoms with Gasteiger partial charge in [-0.05, 0) is 12.5 Å². The molecule has 0 amide bonds.